The molecule has 0 atom stereocenters. The zero-order valence-electron chi connectivity index (χ0n) is 10.3. The van der Waals surface area contributed by atoms with Gasteiger partial charge in [-0.15, -0.1) is 23.7 Å². The zero-order chi connectivity index (χ0) is 13.1. The normalized spacial score (nSPS) is 10.9. The summed E-state index contributed by atoms with van der Waals surface area (Å²) in [5, 5.41) is 2.95. The molecule has 1 aromatic heterocycles. The van der Waals surface area contributed by atoms with Crippen LogP contribution in [0.4, 0.5) is 0 Å². The van der Waals surface area contributed by atoms with Crippen molar-refractivity contribution in [3.05, 3.63) is 20.3 Å². The average Bonchev–Trinajstić information content (AvgIpc) is 2.65. The smallest absolute Gasteiger partial charge is 0.254 e. The Balaban J connectivity index is 0.00000289. The molecule has 0 bridgehead atoms. The molecule has 0 aliphatic carbocycles. The highest BCUT2D eigenvalue weighted by Gasteiger charge is 2.28. The quantitative estimate of drug-likeness (QED) is 0.864. The summed E-state index contributed by atoms with van der Waals surface area (Å²) in [7, 11) is 0. The number of rotatable bonds is 5. The van der Waals surface area contributed by atoms with Crippen LogP contribution in [0.3, 0.4) is 0 Å². The third-order valence-corrected chi connectivity index (χ3v) is 4.51. The lowest BCUT2D eigenvalue weighted by Gasteiger charge is -2.31. The van der Waals surface area contributed by atoms with Crippen molar-refractivity contribution in [2.24, 2.45) is 5.73 Å². The highest BCUT2D eigenvalue weighted by atomic mass is 35.5. The Morgan fingerprint density at radius 2 is 2.00 bits per heavy atom. The Labute approximate surface area is 127 Å². The molecule has 1 rings (SSSR count). The molecule has 0 fully saturated rings. The fourth-order valence-corrected chi connectivity index (χ4v) is 3.03. The molecule has 0 unspecified atom stereocenters. The molecule has 0 aliphatic heterocycles. The van der Waals surface area contributed by atoms with Gasteiger partial charge < -0.3 is 11.1 Å². The number of carbonyl (C=O) groups excluding carboxylic acids is 1. The second-order valence-electron chi connectivity index (χ2n) is 3.88. The Kier molecular flexibility index (Phi) is 7.56. The van der Waals surface area contributed by atoms with E-state index in [0.717, 1.165) is 12.8 Å². The van der Waals surface area contributed by atoms with Crippen molar-refractivity contribution in [2.75, 3.05) is 6.54 Å². The number of carbonyl (C=O) groups is 1. The Morgan fingerprint density at radius 3 is 2.33 bits per heavy atom. The maximum atomic E-state index is 12.1. The fourth-order valence-electron chi connectivity index (χ4n) is 1.57. The van der Waals surface area contributed by atoms with Crippen LogP contribution in [-0.4, -0.2) is 18.0 Å². The predicted octanol–water partition coefficient (Wildman–Crippen LogP) is 3.72. The van der Waals surface area contributed by atoms with E-state index in [4.69, 9.17) is 28.9 Å². The average molecular weight is 332 g/mol. The molecule has 0 saturated carbocycles. The van der Waals surface area contributed by atoms with Crippen molar-refractivity contribution in [3.8, 4) is 0 Å². The molecule has 0 radical (unpaired) electrons. The van der Waals surface area contributed by atoms with Gasteiger partial charge in [0.1, 0.15) is 4.34 Å². The molecule has 1 aromatic rings. The van der Waals surface area contributed by atoms with Gasteiger partial charge in [-0.2, -0.15) is 0 Å². The van der Waals surface area contributed by atoms with Crippen LogP contribution in [0.1, 0.15) is 37.0 Å². The second kappa shape index (κ2) is 7.56. The summed E-state index contributed by atoms with van der Waals surface area (Å²) in [6.45, 7) is 4.40. The van der Waals surface area contributed by atoms with E-state index in [-0.39, 0.29) is 23.9 Å². The molecular weight excluding hydrogens is 315 g/mol. The van der Waals surface area contributed by atoms with Crippen molar-refractivity contribution in [1.82, 2.24) is 5.32 Å². The van der Waals surface area contributed by atoms with Crippen LogP contribution < -0.4 is 11.1 Å². The minimum absolute atomic E-state index is 0. The standard InChI is InChI=1S/C11H16Cl2N2OS.ClH/c1-3-11(4-2,6-14)15-10(16)7-5-8(12)17-9(7)13;/h5H,3-4,6,14H2,1-2H3,(H,15,16);1H. The van der Waals surface area contributed by atoms with Crippen LogP contribution in [0, 0.1) is 0 Å². The van der Waals surface area contributed by atoms with Gasteiger partial charge in [0.25, 0.3) is 5.91 Å². The van der Waals surface area contributed by atoms with Crippen LogP contribution >= 0.6 is 46.9 Å². The van der Waals surface area contributed by atoms with Gasteiger partial charge in [0, 0.05) is 6.54 Å². The highest BCUT2D eigenvalue weighted by Crippen LogP contribution is 2.31. The highest BCUT2D eigenvalue weighted by molar-refractivity contribution is 7.20. The van der Waals surface area contributed by atoms with Gasteiger partial charge in [-0.1, -0.05) is 37.0 Å². The van der Waals surface area contributed by atoms with E-state index >= 15 is 0 Å². The van der Waals surface area contributed by atoms with Gasteiger partial charge in [-0.25, -0.2) is 0 Å². The second-order valence-corrected chi connectivity index (χ2v) is 6.17. The molecule has 3 nitrogen and oxygen atoms in total. The van der Waals surface area contributed by atoms with Crippen molar-refractivity contribution >= 4 is 52.9 Å². The lowest BCUT2D eigenvalue weighted by molar-refractivity contribution is 0.0896. The van der Waals surface area contributed by atoms with E-state index in [9.17, 15) is 4.79 Å². The number of thiophene rings is 1. The summed E-state index contributed by atoms with van der Waals surface area (Å²) in [4.78, 5) is 12.1. The number of halogens is 3. The van der Waals surface area contributed by atoms with Crippen molar-refractivity contribution in [1.29, 1.82) is 0 Å². The SMILES string of the molecule is CCC(CC)(CN)NC(=O)c1cc(Cl)sc1Cl.Cl. The first kappa shape index (κ1) is 18.0. The van der Waals surface area contributed by atoms with Crippen molar-refractivity contribution < 1.29 is 4.79 Å². The zero-order valence-corrected chi connectivity index (χ0v) is 13.4. The van der Waals surface area contributed by atoms with Gasteiger partial charge in [0.05, 0.1) is 15.4 Å². The van der Waals surface area contributed by atoms with Gasteiger partial charge in [-0.05, 0) is 18.9 Å². The topological polar surface area (TPSA) is 55.1 Å². The van der Waals surface area contributed by atoms with Crippen LogP contribution in [0.2, 0.25) is 8.67 Å². The number of nitrogens with one attached hydrogen (secondary N) is 1. The van der Waals surface area contributed by atoms with Crippen molar-refractivity contribution in [2.45, 2.75) is 32.2 Å². The van der Waals surface area contributed by atoms with E-state index in [1.54, 1.807) is 6.07 Å². The van der Waals surface area contributed by atoms with Gasteiger partial charge in [-0.3, -0.25) is 4.79 Å². The molecule has 0 aromatic carbocycles. The van der Waals surface area contributed by atoms with Crippen LogP contribution in [0.25, 0.3) is 0 Å². The van der Waals surface area contributed by atoms with E-state index < -0.39 is 0 Å². The Morgan fingerprint density at radius 1 is 1.44 bits per heavy atom. The van der Waals surface area contributed by atoms with E-state index in [2.05, 4.69) is 5.32 Å². The minimum Gasteiger partial charge on any atom is -0.345 e. The molecular formula is C11H17Cl3N2OS. The monoisotopic (exact) mass is 330 g/mol. The number of amides is 1. The number of hydrogen-bond donors (Lipinski definition) is 2. The molecule has 0 spiro atoms. The molecule has 1 heterocycles. The first-order valence-corrected chi connectivity index (χ1v) is 7.02. The first-order chi connectivity index (χ1) is 7.98. The van der Waals surface area contributed by atoms with E-state index in [1.807, 2.05) is 13.8 Å². The molecule has 18 heavy (non-hydrogen) atoms. The molecule has 1 amide bonds. The molecule has 104 valence electrons. The number of nitrogens with two attached hydrogens (primary N) is 1. The van der Waals surface area contributed by atoms with Gasteiger partial charge in [0.2, 0.25) is 0 Å². The lowest BCUT2D eigenvalue weighted by atomic mass is 9.92. The first-order valence-electron chi connectivity index (χ1n) is 5.45. The van der Waals surface area contributed by atoms with Gasteiger partial charge in [0.15, 0.2) is 0 Å². The van der Waals surface area contributed by atoms with Crippen LogP contribution in [-0.2, 0) is 0 Å². The Hall–Kier alpha value is -0.000000000000000222. The third-order valence-electron chi connectivity index (χ3n) is 3.02. The Bertz CT molecular complexity index is 397. The van der Waals surface area contributed by atoms with E-state index in [1.165, 1.54) is 11.3 Å². The predicted molar refractivity (Wildman–Crippen MR) is 81.4 cm³/mol. The largest absolute Gasteiger partial charge is 0.345 e. The molecule has 0 aliphatic rings. The van der Waals surface area contributed by atoms with E-state index in [0.29, 0.717) is 20.8 Å². The summed E-state index contributed by atoms with van der Waals surface area (Å²) >= 11 is 12.9. The van der Waals surface area contributed by atoms with Crippen LogP contribution in [0.5, 0.6) is 0 Å². The maximum Gasteiger partial charge on any atom is 0.254 e. The summed E-state index contributed by atoms with van der Waals surface area (Å²) in [6.07, 6.45) is 1.56. The fraction of sp³-hybridized carbons (Fsp3) is 0.545. The number of hydrogen-bond acceptors (Lipinski definition) is 3. The summed E-state index contributed by atoms with van der Waals surface area (Å²) < 4.78 is 0.914. The maximum absolute atomic E-state index is 12.1. The summed E-state index contributed by atoms with van der Waals surface area (Å²) in [5.74, 6) is -0.215. The van der Waals surface area contributed by atoms with Crippen molar-refractivity contribution in [3.63, 3.8) is 0 Å². The lowest BCUT2D eigenvalue weighted by Crippen LogP contribution is -2.52. The third kappa shape index (κ3) is 4.00. The van der Waals surface area contributed by atoms with Gasteiger partial charge >= 0.3 is 0 Å². The summed E-state index contributed by atoms with van der Waals surface area (Å²) in [6, 6.07) is 1.58. The molecule has 7 heteroatoms. The summed E-state index contributed by atoms with van der Waals surface area (Å²) in [5.41, 5.74) is 5.78. The van der Waals surface area contributed by atoms with Crippen LogP contribution in [0.15, 0.2) is 6.07 Å². The minimum atomic E-state index is -0.366. The molecule has 0 saturated heterocycles. The molecule has 3 N–H and O–H groups in total.